The van der Waals surface area contributed by atoms with Gasteiger partial charge in [0.15, 0.2) is 0 Å². The van der Waals surface area contributed by atoms with Crippen LogP contribution in [0.25, 0.3) is 0 Å². The van der Waals surface area contributed by atoms with E-state index in [4.69, 9.17) is 15.9 Å². The molecule has 0 spiro atoms. The number of rotatable bonds is 4. The maximum atomic E-state index is 12.7. The lowest BCUT2D eigenvalue weighted by Crippen LogP contribution is -2.22. The molecule has 0 amide bonds. The predicted octanol–water partition coefficient (Wildman–Crippen LogP) is 0.173. The van der Waals surface area contributed by atoms with Gasteiger partial charge in [0, 0.05) is 12.2 Å². The number of hydrogen-bond acceptors (Lipinski definition) is 4. The van der Waals surface area contributed by atoms with Gasteiger partial charge in [0.25, 0.3) is 0 Å². The molecule has 4 nitrogen and oxygen atoms in total. The van der Waals surface area contributed by atoms with Gasteiger partial charge < -0.3 is 21.3 Å². The van der Waals surface area contributed by atoms with Crippen LogP contribution in [-0.2, 0) is 0 Å². The van der Waals surface area contributed by atoms with E-state index in [2.05, 4.69) is 5.32 Å². The third-order valence-corrected chi connectivity index (χ3v) is 1.75. The average Bonchev–Trinajstić information content (AvgIpc) is 2.19. The lowest BCUT2D eigenvalue weighted by atomic mass is 10.2. The number of benzene rings is 1. The highest BCUT2D eigenvalue weighted by molar-refractivity contribution is 5.54. The van der Waals surface area contributed by atoms with Crippen molar-refractivity contribution in [1.82, 2.24) is 0 Å². The SMILES string of the molecule is Nc1cc(NCC(O)CO)ccc1F. The molecule has 0 bridgehead atoms. The van der Waals surface area contributed by atoms with E-state index in [1.807, 2.05) is 0 Å². The zero-order valence-corrected chi connectivity index (χ0v) is 7.57. The number of nitrogen functional groups attached to an aromatic ring is 1. The normalized spacial score (nSPS) is 12.5. The Bertz CT molecular complexity index is 307. The first-order chi connectivity index (χ1) is 6.63. The standard InChI is InChI=1S/C9H13FN2O2/c10-8-2-1-6(3-9(8)11)12-4-7(14)5-13/h1-3,7,12-14H,4-5,11H2. The van der Waals surface area contributed by atoms with Crippen molar-refractivity contribution >= 4 is 11.4 Å². The zero-order valence-electron chi connectivity index (χ0n) is 7.57. The average molecular weight is 200 g/mol. The fraction of sp³-hybridized carbons (Fsp3) is 0.333. The Balaban J connectivity index is 2.55. The van der Waals surface area contributed by atoms with E-state index in [0.717, 1.165) is 0 Å². The van der Waals surface area contributed by atoms with Gasteiger partial charge in [0.05, 0.1) is 18.4 Å². The number of halogens is 1. The highest BCUT2D eigenvalue weighted by Gasteiger charge is 2.02. The minimum absolute atomic E-state index is 0.0495. The molecule has 0 aliphatic heterocycles. The molecule has 5 heteroatoms. The summed E-state index contributed by atoms with van der Waals surface area (Å²) in [7, 11) is 0. The van der Waals surface area contributed by atoms with Crippen LogP contribution in [0.5, 0.6) is 0 Å². The molecule has 0 saturated carbocycles. The van der Waals surface area contributed by atoms with Crippen LogP contribution in [-0.4, -0.2) is 29.5 Å². The van der Waals surface area contributed by atoms with Crippen molar-refractivity contribution in [3.05, 3.63) is 24.0 Å². The van der Waals surface area contributed by atoms with E-state index in [-0.39, 0.29) is 18.8 Å². The Morgan fingerprint density at radius 2 is 2.21 bits per heavy atom. The molecule has 1 atom stereocenters. The first-order valence-electron chi connectivity index (χ1n) is 4.21. The maximum absolute atomic E-state index is 12.7. The molecule has 1 aromatic carbocycles. The van der Waals surface area contributed by atoms with E-state index in [9.17, 15) is 4.39 Å². The lowest BCUT2D eigenvalue weighted by Gasteiger charge is -2.10. The molecule has 78 valence electrons. The summed E-state index contributed by atoms with van der Waals surface area (Å²) in [6.07, 6.45) is -0.832. The molecule has 14 heavy (non-hydrogen) atoms. The van der Waals surface area contributed by atoms with Crippen molar-refractivity contribution in [3.63, 3.8) is 0 Å². The first kappa shape index (κ1) is 10.7. The molecule has 0 radical (unpaired) electrons. The molecule has 0 aliphatic rings. The predicted molar refractivity (Wildman–Crippen MR) is 52.4 cm³/mol. The quantitative estimate of drug-likeness (QED) is 0.522. The molecule has 0 heterocycles. The third kappa shape index (κ3) is 2.86. The molecule has 1 unspecified atom stereocenters. The molecule has 0 aromatic heterocycles. The fourth-order valence-electron chi connectivity index (χ4n) is 0.954. The van der Waals surface area contributed by atoms with Crippen LogP contribution in [0.3, 0.4) is 0 Å². The molecule has 1 aromatic rings. The summed E-state index contributed by atoms with van der Waals surface area (Å²) < 4.78 is 12.7. The summed E-state index contributed by atoms with van der Waals surface area (Å²) in [6, 6.07) is 4.18. The fourth-order valence-corrected chi connectivity index (χ4v) is 0.954. The number of anilines is 2. The van der Waals surface area contributed by atoms with Crippen LogP contribution in [0, 0.1) is 5.82 Å². The minimum Gasteiger partial charge on any atom is -0.396 e. The van der Waals surface area contributed by atoms with Crippen molar-refractivity contribution in [2.75, 3.05) is 24.2 Å². The summed E-state index contributed by atoms with van der Waals surface area (Å²) in [5.41, 5.74) is 5.99. The van der Waals surface area contributed by atoms with Gasteiger partial charge in [-0.2, -0.15) is 0 Å². The van der Waals surface area contributed by atoms with Gasteiger partial charge in [-0.1, -0.05) is 0 Å². The van der Waals surface area contributed by atoms with E-state index in [1.54, 1.807) is 0 Å². The second kappa shape index (κ2) is 4.78. The summed E-state index contributed by atoms with van der Waals surface area (Å²) in [5, 5.41) is 20.4. The Kier molecular flexibility index (Phi) is 3.67. The van der Waals surface area contributed by atoms with Gasteiger partial charge in [0.2, 0.25) is 0 Å². The van der Waals surface area contributed by atoms with E-state index in [0.29, 0.717) is 5.69 Å². The Hall–Kier alpha value is -1.33. The molecule has 5 N–H and O–H groups in total. The Morgan fingerprint density at radius 1 is 1.50 bits per heavy atom. The summed E-state index contributed by atoms with van der Waals surface area (Å²) in [6.45, 7) is -0.120. The highest BCUT2D eigenvalue weighted by Crippen LogP contribution is 2.15. The van der Waals surface area contributed by atoms with E-state index >= 15 is 0 Å². The van der Waals surface area contributed by atoms with Crippen molar-refractivity contribution in [2.24, 2.45) is 0 Å². The number of nitrogens with one attached hydrogen (secondary N) is 1. The number of aliphatic hydroxyl groups is 2. The Morgan fingerprint density at radius 3 is 2.79 bits per heavy atom. The van der Waals surface area contributed by atoms with E-state index in [1.165, 1.54) is 18.2 Å². The van der Waals surface area contributed by atoms with Gasteiger partial charge in [0.1, 0.15) is 5.82 Å². The molecular weight excluding hydrogens is 187 g/mol. The summed E-state index contributed by atoms with van der Waals surface area (Å²) in [5.74, 6) is -0.474. The number of nitrogens with two attached hydrogens (primary N) is 1. The van der Waals surface area contributed by atoms with Crippen LogP contribution in [0.15, 0.2) is 18.2 Å². The van der Waals surface area contributed by atoms with Crippen LogP contribution < -0.4 is 11.1 Å². The Labute approximate surface area is 81.2 Å². The van der Waals surface area contributed by atoms with Gasteiger partial charge >= 0.3 is 0 Å². The molecule has 0 aliphatic carbocycles. The topological polar surface area (TPSA) is 78.5 Å². The maximum Gasteiger partial charge on any atom is 0.146 e. The highest BCUT2D eigenvalue weighted by atomic mass is 19.1. The zero-order chi connectivity index (χ0) is 10.6. The third-order valence-electron chi connectivity index (χ3n) is 1.75. The van der Waals surface area contributed by atoms with Crippen molar-refractivity contribution in [1.29, 1.82) is 0 Å². The second-order valence-electron chi connectivity index (χ2n) is 2.95. The summed E-state index contributed by atoms with van der Waals surface area (Å²) in [4.78, 5) is 0. The first-order valence-corrected chi connectivity index (χ1v) is 4.21. The largest absolute Gasteiger partial charge is 0.396 e. The van der Waals surface area contributed by atoms with E-state index < -0.39 is 11.9 Å². The summed E-state index contributed by atoms with van der Waals surface area (Å²) >= 11 is 0. The number of aliphatic hydroxyl groups excluding tert-OH is 2. The van der Waals surface area contributed by atoms with Gasteiger partial charge in [-0.05, 0) is 18.2 Å². The van der Waals surface area contributed by atoms with Crippen LogP contribution in [0.4, 0.5) is 15.8 Å². The molecular formula is C9H13FN2O2. The monoisotopic (exact) mass is 200 g/mol. The molecule has 0 saturated heterocycles. The smallest absolute Gasteiger partial charge is 0.146 e. The van der Waals surface area contributed by atoms with Crippen molar-refractivity contribution < 1.29 is 14.6 Å². The van der Waals surface area contributed by atoms with Gasteiger partial charge in [-0.15, -0.1) is 0 Å². The van der Waals surface area contributed by atoms with Gasteiger partial charge in [-0.25, -0.2) is 4.39 Å². The minimum atomic E-state index is -0.832. The lowest BCUT2D eigenvalue weighted by molar-refractivity contribution is 0.105. The van der Waals surface area contributed by atoms with Crippen LogP contribution in [0.1, 0.15) is 0 Å². The van der Waals surface area contributed by atoms with Crippen LogP contribution >= 0.6 is 0 Å². The number of hydrogen-bond donors (Lipinski definition) is 4. The molecule has 1 rings (SSSR count). The second-order valence-corrected chi connectivity index (χ2v) is 2.95. The van der Waals surface area contributed by atoms with Crippen LogP contribution in [0.2, 0.25) is 0 Å². The van der Waals surface area contributed by atoms with Gasteiger partial charge in [-0.3, -0.25) is 0 Å². The van der Waals surface area contributed by atoms with Crippen molar-refractivity contribution in [3.8, 4) is 0 Å². The molecule has 0 fully saturated rings. The van der Waals surface area contributed by atoms with Crippen molar-refractivity contribution in [2.45, 2.75) is 6.10 Å².